The monoisotopic (exact) mass is 207 g/mol. The van der Waals surface area contributed by atoms with E-state index in [0.717, 1.165) is 12.8 Å². The lowest BCUT2D eigenvalue weighted by atomic mass is 10.1. The van der Waals surface area contributed by atoms with Crippen LogP contribution in [0.25, 0.3) is 0 Å². The van der Waals surface area contributed by atoms with Crippen LogP contribution < -0.4 is 5.32 Å². The van der Waals surface area contributed by atoms with Crippen LogP contribution in [0, 0.1) is 0 Å². The van der Waals surface area contributed by atoms with Crippen LogP contribution in [-0.4, -0.2) is 17.8 Å². The molecule has 2 unspecified atom stereocenters. The predicted octanol–water partition coefficient (Wildman–Crippen LogP) is 2.50. The lowest BCUT2D eigenvalue weighted by Crippen LogP contribution is -2.28. The van der Waals surface area contributed by atoms with E-state index in [1.807, 2.05) is 18.2 Å². The smallest absolute Gasteiger partial charge is 0.0664 e. The number of benzene rings is 1. The third-order valence-corrected chi connectivity index (χ3v) is 2.58. The van der Waals surface area contributed by atoms with Gasteiger partial charge in [0.1, 0.15) is 0 Å². The summed E-state index contributed by atoms with van der Waals surface area (Å²) >= 11 is 0. The first kappa shape index (κ1) is 12.2. The minimum Gasteiger partial charge on any atom is -0.392 e. The summed E-state index contributed by atoms with van der Waals surface area (Å²) in [6, 6.07) is 10.6. The fraction of sp³-hybridized carbons (Fsp3) is 0.538. The molecule has 2 nitrogen and oxygen atoms in total. The first-order valence-electron chi connectivity index (χ1n) is 5.70. The van der Waals surface area contributed by atoms with Crippen LogP contribution >= 0.6 is 0 Å². The van der Waals surface area contributed by atoms with Crippen molar-refractivity contribution in [1.29, 1.82) is 0 Å². The first-order valence-corrected chi connectivity index (χ1v) is 5.70. The standard InChI is InChI=1S/C13H21NO/c1-3-7-13(15)10-14-11(2)12-8-5-4-6-9-12/h4-6,8-9,11,13-15H,3,7,10H2,1-2H3. The van der Waals surface area contributed by atoms with E-state index in [1.165, 1.54) is 5.56 Å². The summed E-state index contributed by atoms with van der Waals surface area (Å²) in [5.41, 5.74) is 1.26. The maximum absolute atomic E-state index is 9.58. The second-order valence-electron chi connectivity index (χ2n) is 3.98. The average Bonchev–Trinajstić information content (AvgIpc) is 2.27. The molecule has 0 aromatic heterocycles. The van der Waals surface area contributed by atoms with Crippen molar-refractivity contribution in [3.63, 3.8) is 0 Å². The molecular weight excluding hydrogens is 186 g/mol. The maximum Gasteiger partial charge on any atom is 0.0664 e. The normalized spacial score (nSPS) is 14.9. The van der Waals surface area contributed by atoms with Crippen LogP contribution in [0.5, 0.6) is 0 Å². The zero-order valence-corrected chi connectivity index (χ0v) is 9.61. The number of aliphatic hydroxyl groups excluding tert-OH is 1. The van der Waals surface area contributed by atoms with Gasteiger partial charge in [-0.25, -0.2) is 0 Å². The highest BCUT2D eigenvalue weighted by Crippen LogP contribution is 2.11. The molecule has 0 aliphatic rings. The Labute approximate surface area is 92.3 Å². The van der Waals surface area contributed by atoms with Gasteiger partial charge < -0.3 is 10.4 Å². The Bertz CT molecular complexity index is 260. The Balaban J connectivity index is 2.33. The molecular formula is C13H21NO. The van der Waals surface area contributed by atoms with Gasteiger partial charge in [-0.3, -0.25) is 0 Å². The molecule has 84 valence electrons. The van der Waals surface area contributed by atoms with E-state index in [9.17, 15) is 5.11 Å². The molecule has 0 aliphatic carbocycles. The van der Waals surface area contributed by atoms with Crippen molar-refractivity contribution in [2.45, 2.75) is 38.8 Å². The molecule has 0 heterocycles. The van der Waals surface area contributed by atoms with E-state index >= 15 is 0 Å². The third kappa shape index (κ3) is 4.45. The van der Waals surface area contributed by atoms with Gasteiger partial charge in [0, 0.05) is 12.6 Å². The summed E-state index contributed by atoms with van der Waals surface area (Å²) in [5.74, 6) is 0. The van der Waals surface area contributed by atoms with Crippen molar-refractivity contribution < 1.29 is 5.11 Å². The Morgan fingerprint density at radius 2 is 1.93 bits per heavy atom. The molecule has 0 saturated carbocycles. The van der Waals surface area contributed by atoms with Crippen molar-refractivity contribution in [1.82, 2.24) is 5.32 Å². The molecule has 0 bridgehead atoms. The SMILES string of the molecule is CCCC(O)CNC(C)c1ccccc1. The molecule has 15 heavy (non-hydrogen) atoms. The minimum atomic E-state index is -0.221. The zero-order chi connectivity index (χ0) is 11.1. The lowest BCUT2D eigenvalue weighted by molar-refractivity contribution is 0.157. The van der Waals surface area contributed by atoms with Crippen molar-refractivity contribution in [2.24, 2.45) is 0 Å². The largest absolute Gasteiger partial charge is 0.392 e. The number of nitrogens with one attached hydrogen (secondary N) is 1. The topological polar surface area (TPSA) is 32.3 Å². The van der Waals surface area contributed by atoms with Crippen LogP contribution in [0.4, 0.5) is 0 Å². The molecule has 2 N–H and O–H groups in total. The number of rotatable bonds is 6. The van der Waals surface area contributed by atoms with Gasteiger partial charge in [0.05, 0.1) is 6.10 Å². The molecule has 1 aromatic carbocycles. The van der Waals surface area contributed by atoms with E-state index in [-0.39, 0.29) is 6.10 Å². The highest BCUT2D eigenvalue weighted by molar-refractivity contribution is 5.17. The van der Waals surface area contributed by atoms with E-state index < -0.39 is 0 Å². The van der Waals surface area contributed by atoms with E-state index in [1.54, 1.807) is 0 Å². The van der Waals surface area contributed by atoms with Gasteiger partial charge in [-0.05, 0) is 18.9 Å². The maximum atomic E-state index is 9.58. The summed E-state index contributed by atoms with van der Waals surface area (Å²) in [6.07, 6.45) is 1.68. The molecule has 0 radical (unpaired) electrons. The van der Waals surface area contributed by atoms with Gasteiger partial charge in [0.15, 0.2) is 0 Å². The molecule has 2 atom stereocenters. The van der Waals surface area contributed by atoms with Crippen LogP contribution in [0.3, 0.4) is 0 Å². The van der Waals surface area contributed by atoms with Crippen molar-refractivity contribution in [3.05, 3.63) is 35.9 Å². The second-order valence-corrected chi connectivity index (χ2v) is 3.98. The second kappa shape index (κ2) is 6.59. The number of aliphatic hydroxyl groups is 1. The predicted molar refractivity (Wildman–Crippen MR) is 63.8 cm³/mol. The molecule has 1 aromatic rings. The van der Waals surface area contributed by atoms with Crippen molar-refractivity contribution >= 4 is 0 Å². The number of hydrogen-bond donors (Lipinski definition) is 2. The summed E-state index contributed by atoms with van der Waals surface area (Å²) in [4.78, 5) is 0. The summed E-state index contributed by atoms with van der Waals surface area (Å²) in [6.45, 7) is 4.88. The van der Waals surface area contributed by atoms with Gasteiger partial charge in [-0.15, -0.1) is 0 Å². The summed E-state index contributed by atoms with van der Waals surface area (Å²) in [5, 5.41) is 12.9. The van der Waals surface area contributed by atoms with Crippen molar-refractivity contribution in [3.8, 4) is 0 Å². The van der Waals surface area contributed by atoms with Crippen LogP contribution in [0.2, 0.25) is 0 Å². The van der Waals surface area contributed by atoms with Gasteiger partial charge in [0.2, 0.25) is 0 Å². The lowest BCUT2D eigenvalue weighted by Gasteiger charge is -2.17. The highest BCUT2D eigenvalue weighted by atomic mass is 16.3. The molecule has 0 spiro atoms. The van der Waals surface area contributed by atoms with Crippen LogP contribution in [-0.2, 0) is 0 Å². The molecule has 0 saturated heterocycles. The Kier molecular flexibility index (Phi) is 5.37. The van der Waals surface area contributed by atoms with E-state index in [2.05, 4.69) is 31.3 Å². The van der Waals surface area contributed by atoms with Crippen LogP contribution in [0.1, 0.15) is 38.3 Å². The Hall–Kier alpha value is -0.860. The average molecular weight is 207 g/mol. The van der Waals surface area contributed by atoms with Gasteiger partial charge in [0.25, 0.3) is 0 Å². The summed E-state index contributed by atoms with van der Waals surface area (Å²) < 4.78 is 0. The van der Waals surface area contributed by atoms with E-state index in [4.69, 9.17) is 0 Å². The van der Waals surface area contributed by atoms with Gasteiger partial charge >= 0.3 is 0 Å². The minimum absolute atomic E-state index is 0.221. The quantitative estimate of drug-likeness (QED) is 0.751. The summed E-state index contributed by atoms with van der Waals surface area (Å²) in [7, 11) is 0. The Morgan fingerprint density at radius 3 is 2.53 bits per heavy atom. The van der Waals surface area contributed by atoms with Gasteiger partial charge in [-0.2, -0.15) is 0 Å². The fourth-order valence-electron chi connectivity index (χ4n) is 1.61. The van der Waals surface area contributed by atoms with E-state index in [0.29, 0.717) is 12.6 Å². The third-order valence-electron chi connectivity index (χ3n) is 2.58. The van der Waals surface area contributed by atoms with Crippen LogP contribution in [0.15, 0.2) is 30.3 Å². The molecule has 0 aliphatic heterocycles. The molecule has 0 fully saturated rings. The van der Waals surface area contributed by atoms with Crippen molar-refractivity contribution in [2.75, 3.05) is 6.54 Å². The fourth-order valence-corrected chi connectivity index (χ4v) is 1.61. The molecule has 0 amide bonds. The first-order chi connectivity index (χ1) is 7.24. The zero-order valence-electron chi connectivity index (χ0n) is 9.61. The van der Waals surface area contributed by atoms with Gasteiger partial charge in [-0.1, -0.05) is 43.7 Å². The Morgan fingerprint density at radius 1 is 1.27 bits per heavy atom. The molecule has 2 heteroatoms. The highest BCUT2D eigenvalue weighted by Gasteiger charge is 2.07. The number of hydrogen-bond acceptors (Lipinski definition) is 2. The molecule has 1 rings (SSSR count).